The summed E-state index contributed by atoms with van der Waals surface area (Å²) < 4.78 is 5.40. The molecule has 0 N–H and O–H groups in total. The molecule has 1 aliphatic carbocycles. The second kappa shape index (κ2) is 22.6. The van der Waals surface area contributed by atoms with Crippen LogP contribution >= 0.6 is 0 Å². The molecule has 0 heterocycles. The topological polar surface area (TPSA) is 26.3 Å². The van der Waals surface area contributed by atoms with Gasteiger partial charge in [0.25, 0.3) is 0 Å². The normalized spacial score (nSPS) is 16.6. The second-order valence-electron chi connectivity index (χ2n) is 12.5. The van der Waals surface area contributed by atoms with E-state index < -0.39 is 0 Å². The SMILES string of the molecule is CCCCCCCCCCCC=CCCCCC(=O)OCC=C(C)C=CC=C(C)C=CC1=C(C)CCCC1(C)C. The molecule has 0 saturated carbocycles. The van der Waals surface area contributed by atoms with Crippen LogP contribution in [0.15, 0.2) is 70.9 Å². The predicted molar refractivity (Wildman–Crippen MR) is 177 cm³/mol. The molecule has 0 spiro atoms. The van der Waals surface area contributed by atoms with Gasteiger partial charge in [-0.3, -0.25) is 4.79 Å². The van der Waals surface area contributed by atoms with Gasteiger partial charge in [-0.25, -0.2) is 0 Å². The van der Waals surface area contributed by atoms with Crippen molar-refractivity contribution >= 4 is 5.97 Å². The van der Waals surface area contributed by atoms with Crippen LogP contribution in [0.3, 0.4) is 0 Å². The lowest BCUT2D eigenvalue weighted by molar-refractivity contribution is -0.142. The van der Waals surface area contributed by atoms with Gasteiger partial charge < -0.3 is 4.74 Å². The van der Waals surface area contributed by atoms with Crippen LogP contribution in [-0.2, 0) is 9.53 Å². The molecule has 2 heteroatoms. The molecule has 0 fully saturated rings. The highest BCUT2D eigenvalue weighted by atomic mass is 16.5. The highest BCUT2D eigenvalue weighted by Gasteiger charge is 2.26. The van der Waals surface area contributed by atoms with Gasteiger partial charge in [0.05, 0.1) is 0 Å². The maximum absolute atomic E-state index is 12.0. The molecule has 0 radical (unpaired) electrons. The molecule has 0 aliphatic heterocycles. The van der Waals surface area contributed by atoms with Crippen molar-refractivity contribution in [1.29, 1.82) is 0 Å². The van der Waals surface area contributed by atoms with Crippen molar-refractivity contribution in [2.45, 2.75) is 151 Å². The third-order valence-electron chi connectivity index (χ3n) is 8.07. The van der Waals surface area contributed by atoms with Gasteiger partial charge >= 0.3 is 5.97 Å². The van der Waals surface area contributed by atoms with E-state index in [0.717, 1.165) is 24.8 Å². The number of ether oxygens (including phenoxy) is 1. The molecule has 1 rings (SSSR count). The van der Waals surface area contributed by atoms with Crippen LogP contribution in [0.25, 0.3) is 0 Å². The van der Waals surface area contributed by atoms with Crippen LogP contribution < -0.4 is 0 Å². The van der Waals surface area contributed by atoms with E-state index in [-0.39, 0.29) is 11.4 Å². The largest absolute Gasteiger partial charge is 0.461 e. The smallest absolute Gasteiger partial charge is 0.306 e. The summed E-state index contributed by atoms with van der Waals surface area (Å²) in [7, 11) is 0. The first-order chi connectivity index (χ1) is 19.3. The summed E-state index contributed by atoms with van der Waals surface area (Å²) in [5.74, 6) is -0.0946. The molecular formula is C38H62O2. The van der Waals surface area contributed by atoms with Gasteiger partial charge in [-0.2, -0.15) is 0 Å². The van der Waals surface area contributed by atoms with Crippen LogP contribution in [0.5, 0.6) is 0 Å². The molecule has 1 aliphatic rings. The number of carbonyl (C=O) groups is 1. The average molecular weight is 551 g/mol. The molecule has 0 unspecified atom stereocenters. The van der Waals surface area contributed by atoms with Crippen LogP contribution in [0.4, 0.5) is 0 Å². The standard InChI is InChI=1S/C38H62O2/c1-7-8-9-10-11-12-13-14-15-16-17-18-19-20-21-27-37(39)40-32-30-34(3)25-22-24-33(2)28-29-36-35(4)26-23-31-38(36,5)6/h17-18,22,24-25,28-30H,7-16,19-21,23,26-27,31-32H2,1-6H3. The fourth-order valence-electron chi connectivity index (χ4n) is 5.38. The minimum atomic E-state index is -0.0946. The number of allylic oxidation sites excluding steroid dienone is 11. The summed E-state index contributed by atoms with van der Waals surface area (Å²) in [6, 6.07) is 0. The van der Waals surface area contributed by atoms with Crippen molar-refractivity contribution < 1.29 is 9.53 Å². The minimum absolute atomic E-state index is 0.0946. The number of hydrogen-bond acceptors (Lipinski definition) is 2. The minimum Gasteiger partial charge on any atom is -0.461 e. The quantitative estimate of drug-likeness (QED) is 0.0615. The van der Waals surface area contributed by atoms with E-state index in [4.69, 9.17) is 4.74 Å². The monoisotopic (exact) mass is 550 g/mol. The van der Waals surface area contributed by atoms with E-state index in [1.807, 2.05) is 13.0 Å². The second-order valence-corrected chi connectivity index (χ2v) is 12.5. The van der Waals surface area contributed by atoms with Crippen LogP contribution in [0.1, 0.15) is 151 Å². The van der Waals surface area contributed by atoms with E-state index in [1.54, 1.807) is 0 Å². The zero-order valence-electron chi connectivity index (χ0n) is 27.2. The van der Waals surface area contributed by atoms with Crippen LogP contribution in [0.2, 0.25) is 0 Å². The Balaban J connectivity index is 2.12. The Bertz CT molecular complexity index is 875. The van der Waals surface area contributed by atoms with Gasteiger partial charge in [-0.05, 0) is 89.2 Å². The van der Waals surface area contributed by atoms with Crippen molar-refractivity contribution in [3.8, 4) is 0 Å². The maximum atomic E-state index is 12.0. The third-order valence-corrected chi connectivity index (χ3v) is 8.07. The first kappa shape index (κ1) is 35.9. The van der Waals surface area contributed by atoms with Gasteiger partial charge in [-0.1, -0.05) is 131 Å². The number of esters is 1. The molecule has 0 bridgehead atoms. The lowest BCUT2D eigenvalue weighted by Crippen LogP contribution is -2.19. The Kier molecular flexibility index (Phi) is 20.3. The molecule has 0 amide bonds. The molecule has 0 atom stereocenters. The molecule has 0 aromatic rings. The van der Waals surface area contributed by atoms with Crippen LogP contribution in [-0.4, -0.2) is 12.6 Å². The fraction of sp³-hybridized carbons (Fsp3) is 0.658. The van der Waals surface area contributed by atoms with Gasteiger partial charge in [0.2, 0.25) is 0 Å². The Morgan fingerprint density at radius 3 is 2.12 bits per heavy atom. The summed E-state index contributed by atoms with van der Waals surface area (Å²) in [6.07, 6.45) is 38.3. The van der Waals surface area contributed by atoms with E-state index in [9.17, 15) is 4.79 Å². The lowest BCUT2D eigenvalue weighted by atomic mass is 9.72. The molecule has 226 valence electrons. The summed E-state index contributed by atoms with van der Waals surface area (Å²) in [6.45, 7) is 13.8. The lowest BCUT2D eigenvalue weighted by Gasteiger charge is -2.32. The number of hydrogen-bond donors (Lipinski definition) is 0. The van der Waals surface area contributed by atoms with Gasteiger partial charge in [0.15, 0.2) is 0 Å². The average Bonchev–Trinajstić information content (AvgIpc) is 2.90. The van der Waals surface area contributed by atoms with Crippen molar-refractivity contribution in [3.05, 3.63) is 70.9 Å². The Morgan fingerprint density at radius 1 is 0.850 bits per heavy atom. The van der Waals surface area contributed by atoms with E-state index >= 15 is 0 Å². The Labute approximate surface area is 248 Å². The first-order valence-corrected chi connectivity index (χ1v) is 16.5. The fourth-order valence-corrected chi connectivity index (χ4v) is 5.38. The molecule has 40 heavy (non-hydrogen) atoms. The van der Waals surface area contributed by atoms with E-state index in [2.05, 4.69) is 77.2 Å². The number of rotatable bonds is 21. The number of unbranched alkanes of at least 4 members (excludes halogenated alkanes) is 11. The van der Waals surface area contributed by atoms with Gasteiger partial charge in [0.1, 0.15) is 6.61 Å². The van der Waals surface area contributed by atoms with E-state index in [1.165, 1.54) is 100 Å². The maximum Gasteiger partial charge on any atom is 0.306 e. The van der Waals surface area contributed by atoms with Crippen molar-refractivity contribution in [1.82, 2.24) is 0 Å². The highest BCUT2D eigenvalue weighted by Crippen LogP contribution is 2.40. The summed E-state index contributed by atoms with van der Waals surface area (Å²) in [5, 5.41) is 0. The Morgan fingerprint density at radius 2 is 1.48 bits per heavy atom. The molecule has 2 nitrogen and oxygen atoms in total. The predicted octanol–water partition coefficient (Wildman–Crippen LogP) is 12.1. The molecular weight excluding hydrogens is 488 g/mol. The highest BCUT2D eigenvalue weighted by molar-refractivity contribution is 5.69. The van der Waals surface area contributed by atoms with E-state index in [0.29, 0.717) is 13.0 Å². The van der Waals surface area contributed by atoms with Crippen molar-refractivity contribution in [3.63, 3.8) is 0 Å². The van der Waals surface area contributed by atoms with Crippen molar-refractivity contribution in [2.75, 3.05) is 6.61 Å². The molecule has 0 aromatic carbocycles. The van der Waals surface area contributed by atoms with Gasteiger partial charge in [0, 0.05) is 6.42 Å². The van der Waals surface area contributed by atoms with Crippen LogP contribution in [0, 0.1) is 5.41 Å². The molecule has 0 aromatic heterocycles. The summed E-state index contributed by atoms with van der Waals surface area (Å²) >= 11 is 0. The summed E-state index contributed by atoms with van der Waals surface area (Å²) in [5.41, 5.74) is 5.63. The zero-order valence-corrected chi connectivity index (χ0v) is 27.2. The zero-order chi connectivity index (χ0) is 29.5. The number of carbonyl (C=O) groups excluding carboxylic acids is 1. The third kappa shape index (κ3) is 18.3. The summed E-state index contributed by atoms with van der Waals surface area (Å²) in [4.78, 5) is 12.0. The Hall–Kier alpha value is -2.09. The van der Waals surface area contributed by atoms with Gasteiger partial charge in [-0.15, -0.1) is 0 Å². The van der Waals surface area contributed by atoms with Crippen molar-refractivity contribution in [2.24, 2.45) is 5.41 Å². The first-order valence-electron chi connectivity index (χ1n) is 16.5. The molecule has 0 saturated heterocycles.